The maximum atomic E-state index is 13.1. The fourth-order valence-electron chi connectivity index (χ4n) is 3.04. The molecular formula is C22H23N3O2S. The monoisotopic (exact) mass is 393 g/mol. The number of fused-ring (bicyclic) bond motifs is 1. The molecule has 1 aromatic carbocycles. The molecule has 0 saturated carbocycles. The third-order valence-corrected chi connectivity index (χ3v) is 5.62. The van der Waals surface area contributed by atoms with Gasteiger partial charge in [0.25, 0.3) is 5.56 Å². The molecule has 3 rings (SSSR count). The number of hydrogen-bond acceptors (Lipinski definition) is 4. The van der Waals surface area contributed by atoms with Crippen molar-refractivity contribution in [2.24, 2.45) is 0 Å². The molecule has 0 fully saturated rings. The summed E-state index contributed by atoms with van der Waals surface area (Å²) >= 11 is 1.44. The quantitative estimate of drug-likeness (QED) is 0.571. The van der Waals surface area contributed by atoms with Crippen LogP contribution in [0, 0.1) is 13.8 Å². The zero-order chi connectivity index (χ0) is 20.3. The van der Waals surface area contributed by atoms with E-state index in [0.29, 0.717) is 23.3 Å². The second-order valence-electron chi connectivity index (χ2n) is 6.68. The Morgan fingerprint density at radius 1 is 1.21 bits per heavy atom. The second-order valence-corrected chi connectivity index (χ2v) is 7.54. The fraction of sp³-hybridized carbons (Fsp3) is 0.227. The first-order chi connectivity index (χ1) is 13.5. The van der Waals surface area contributed by atoms with Crippen LogP contribution < -0.4 is 5.56 Å². The molecule has 0 saturated heterocycles. The lowest BCUT2D eigenvalue weighted by atomic mass is 10.0. The highest BCUT2D eigenvalue weighted by Crippen LogP contribution is 2.31. The van der Waals surface area contributed by atoms with Gasteiger partial charge in [0.1, 0.15) is 11.4 Å². The normalized spacial score (nSPS) is 10.8. The number of aromatic nitrogens is 2. The Kier molecular flexibility index (Phi) is 5.90. The Bertz CT molecular complexity index is 1100. The molecule has 1 amide bonds. The fourth-order valence-corrected chi connectivity index (χ4v) is 3.94. The van der Waals surface area contributed by atoms with E-state index >= 15 is 0 Å². The van der Waals surface area contributed by atoms with Gasteiger partial charge in [-0.3, -0.25) is 14.2 Å². The Balaban J connectivity index is 2.02. The van der Waals surface area contributed by atoms with E-state index in [0.717, 1.165) is 11.1 Å². The number of carbonyl (C=O) groups is 1. The van der Waals surface area contributed by atoms with Crippen molar-refractivity contribution in [3.05, 3.63) is 76.7 Å². The number of nitrogens with zero attached hydrogens (tertiary/aromatic N) is 3. The van der Waals surface area contributed by atoms with Crippen molar-refractivity contribution in [3.63, 3.8) is 0 Å². The Morgan fingerprint density at radius 2 is 1.93 bits per heavy atom. The molecular weight excluding hydrogens is 370 g/mol. The molecule has 0 atom stereocenters. The molecule has 0 bridgehead atoms. The zero-order valence-corrected chi connectivity index (χ0v) is 17.0. The van der Waals surface area contributed by atoms with Gasteiger partial charge in [-0.05, 0) is 30.5 Å². The average Bonchev–Trinajstić information content (AvgIpc) is 3.11. The molecule has 2 aromatic heterocycles. The van der Waals surface area contributed by atoms with Gasteiger partial charge in [0.15, 0.2) is 0 Å². The molecule has 0 aliphatic carbocycles. The average molecular weight is 394 g/mol. The summed E-state index contributed by atoms with van der Waals surface area (Å²) in [5, 5.41) is 2.51. The molecule has 6 heteroatoms. The van der Waals surface area contributed by atoms with Gasteiger partial charge in [-0.1, -0.05) is 30.4 Å². The summed E-state index contributed by atoms with van der Waals surface area (Å²) in [6, 6.07) is 6.14. The topological polar surface area (TPSA) is 55.2 Å². The van der Waals surface area contributed by atoms with Crippen LogP contribution in [0.15, 0.2) is 60.0 Å². The van der Waals surface area contributed by atoms with Gasteiger partial charge in [0.05, 0.1) is 11.7 Å². The Hall–Kier alpha value is -2.99. The SMILES string of the molecule is C=CCN(CC=C)C(=O)Cn1cnc2scc(-c3ccc(C)c(C)c3)c2c1=O. The largest absolute Gasteiger partial charge is 0.334 e. The van der Waals surface area contributed by atoms with Crippen molar-refractivity contribution in [1.82, 2.24) is 14.5 Å². The first-order valence-corrected chi connectivity index (χ1v) is 9.88. The number of carbonyl (C=O) groups excluding carboxylic acids is 1. The van der Waals surface area contributed by atoms with Gasteiger partial charge in [0.2, 0.25) is 5.91 Å². The Labute approximate surface area is 168 Å². The van der Waals surface area contributed by atoms with Crippen LogP contribution in [-0.2, 0) is 11.3 Å². The molecule has 0 aliphatic heterocycles. The van der Waals surface area contributed by atoms with E-state index in [-0.39, 0.29) is 18.0 Å². The van der Waals surface area contributed by atoms with Crippen molar-refractivity contribution in [2.75, 3.05) is 13.1 Å². The van der Waals surface area contributed by atoms with Crippen LogP contribution >= 0.6 is 11.3 Å². The summed E-state index contributed by atoms with van der Waals surface area (Å²) < 4.78 is 1.38. The predicted molar refractivity (Wildman–Crippen MR) is 116 cm³/mol. The number of hydrogen-bond donors (Lipinski definition) is 0. The van der Waals surface area contributed by atoms with E-state index < -0.39 is 0 Å². The van der Waals surface area contributed by atoms with E-state index in [1.807, 2.05) is 11.4 Å². The number of amides is 1. The number of aryl methyl sites for hydroxylation is 2. The summed E-state index contributed by atoms with van der Waals surface area (Å²) in [6.07, 6.45) is 4.76. The van der Waals surface area contributed by atoms with Crippen LogP contribution in [0.3, 0.4) is 0 Å². The molecule has 0 N–H and O–H groups in total. The van der Waals surface area contributed by atoms with E-state index in [1.54, 1.807) is 17.1 Å². The molecule has 3 aromatic rings. The Morgan fingerprint density at radius 3 is 2.57 bits per heavy atom. The molecule has 144 valence electrons. The third-order valence-electron chi connectivity index (χ3n) is 4.74. The molecule has 0 spiro atoms. The standard InChI is InChI=1S/C22H23N3O2S/c1-5-9-24(10-6-2)19(26)12-25-14-23-21-20(22(25)27)18(13-28-21)17-8-7-15(3)16(4)11-17/h5-8,11,13-14H,1-2,9-10,12H2,3-4H3. The number of benzene rings is 1. The lowest BCUT2D eigenvalue weighted by Gasteiger charge is -2.19. The highest BCUT2D eigenvalue weighted by molar-refractivity contribution is 7.17. The minimum Gasteiger partial charge on any atom is -0.334 e. The third kappa shape index (κ3) is 3.82. The minimum atomic E-state index is -0.204. The van der Waals surface area contributed by atoms with E-state index in [2.05, 4.69) is 44.1 Å². The van der Waals surface area contributed by atoms with Crippen LogP contribution in [0.2, 0.25) is 0 Å². The van der Waals surface area contributed by atoms with Crippen LogP contribution in [0.25, 0.3) is 21.3 Å². The first-order valence-electron chi connectivity index (χ1n) is 9.00. The summed E-state index contributed by atoms with van der Waals surface area (Å²) in [6.45, 7) is 12.2. The maximum absolute atomic E-state index is 13.1. The van der Waals surface area contributed by atoms with Crippen LogP contribution in [0.4, 0.5) is 0 Å². The van der Waals surface area contributed by atoms with Gasteiger partial charge in [-0.15, -0.1) is 24.5 Å². The van der Waals surface area contributed by atoms with Gasteiger partial charge in [-0.2, -0.15) is 0 Å². The van der Waals surface area contributed by atoms with Crippen molar-refractivity contribution in [2.45, 2.75) is 20.4 Å². The highest BCUT2D eigenvalue weighted by atomic mass is 32.1. The summed E-state index contributed by atoms with van der Waals surface area (Å²) in [5.74, 6) is -0.175. The summed E-state index contributed by atoms with van der Waals surface area (Å²) in [7, 11) is 0. The van der Waals surface area contributed by atoms with Crippen LogP contribution in [0.1, 0.15) is 11.1 Å². The van der Waals surface area contributed by atoms with E-state index in [1.165, 1.54) is 33.4 Å². The van der Waals surface area contributed by atoms with E-state index in [4.69, 9.17) is 0 Å². The maximum Gasteiger partial charge on any atom is 0.263 e. The molecule has 0 unspecified atom stereocenters. The number of thiophene rings is 1. The summed E-state index contributed by atoms with van der Waals surface area (Å²) in [4.78, 5) is 32.4. The highest BCUT2D eigenvalue weighted by Gasteiger charge is 2.17. The minimum absolute atomic E-state index is 0.0638. The molecule has 0 radical (unpaired) electrons. The van der Waals surface area contributed by atoms with Crippen LogP contribution in [0.5, 0.6) is 0 Å². The first kappa shape index (κ1) is 19.8. The van der Waals surface area contributed by atoms with Gasteiger partial charge in [0, 0.05) is 24.0 Å². The van der Waals surface area contributed by atoms with Crippen molar-refractivity contribution in [1.29, 1.82) is 0 Å². The van der Waals surface area contributed by atoms with E-state index in [9.17, 15) is 9.59 Å². The number of rotatable bonds is 7. The summed E-state index contributed by atoms with van der Waals surface area (Å²) in [5.41, 5.74) is 4.01. The lowest BCUT2D eigenvalue weighted by molar-refractivity contribution is -0.130. The van der Waals surface area contributed by atoms with Crippen molar-refractivity contribution < 1.29 is 4.79 Å². The lowest BCUT2D eigenvalue weighted by Crippen LogP contribution is -2.36. The van der Waals surface area contributed by atoms with Crippen LogP contribution in [-0.4, -0.2) is 33.4 Å². The van der Waals surface area contributed by atoms with Gasteiger partial charge in [-0.25, -0.2) is 4.98 Å². The van der Waals surface area contributed by atoms with Crippen molar-refractivity contribution >= 4 is 27.5 Å². The van der Waals surface area contributed by atoms with Gasteiger partial charge < -0.3 is 4.90 Å². The smallest absolute Gasteiger partial charge is 0.263 e. The molecule has 5 nitrogen and oxygen atoms in total. The van der Waals surface area contributed by atoms with Crippen molar-refractivity contribution in [3.8, 4) is 11.1 Å². The molecule has 28 heavy (non-hydrogen) atoms. The predicted octanol–water partition coefficient (Wildman–Crippen LogP) is 3.94. The molecule has 0 aliphatic rings. The molecule has 2 heterocycles. The van der Waals surface area contributed by atoms with Gasteiger partial charge >= 0.3 is 0 Å². The second kappa shape index (κ2) is 8.35. The zero-order valence-electron chi connectivity index (χ0n) is 16.1.